The highest BCUT2D eigenvalue weighted by atomic mass is 16.4. The standard InChI is InChI=1S/C17H21N3O3/c21-16(22)9-5-2-6-10-18-17(23)15-11-19-20(13-15)12-14-7-3-1-4-8-14/h1,3-4,7-8,11,13H,2,5-6,9-10,12H2,(H,18,23)(H,21,22). The van der Waals surface area contributed by atoms with Gasteiger partial charge in [-0.25, -0.2) is 0 Å². The zero-order valence-corrected chi connectivity index (χ0v) is 12.9. The Kier molecular flexibility index (Phi) is 6.35. The fourth-order valence-electron chi connectivity index (χ4n) is 2.22. The first kappa shape index (κ1) is 16.7. The fourth-order valence-corrected chi connectivity index (χ4v) is 2.22. The van der Waals surface area contributed by atoms with Crippen LogP contribution in [-0.2, 0) is 11.3 Å². The molecule has 0 aliphatic carbocycles. The maximum Gasteiger partial charge on any atom is 0.303 e. The smallest absolute Gasteiger partial charge is 0.303 e. The number of carboxylic acids is 1. The molecule has 1 heterocycles. The zero-order valence-electron chi connectivity index (χ0n) is 12.9. The molecule has 0 saturated heterocycles. The van der Waals surface area contributed by atoms with Crippen LogP contribution in [0.5, 0.6) is 0 Å². The van der Waals surface area contributed by atoms with E-state index in [1.165, 1.54) is 0 Å². The van der Waals surface area contributed by atoms with Crippen molar-refractivity contribution in [1.29, 1.82) is 0 Å². The van der Waals surface area contributed by atoms with Gasteiger partial charge in [0, 0.05) is 19.2 Å². The molecule has 6 nitrogen and oxygen atoms in total. The first-order valence-corrected chi connectivity index (χ1v) is 7.71. The molecule has 0 aliphatic heterocycles. The number of carbonyl (C=O) groups excluding carboxylic acids is 1. The molecule has 0 unspecified atom stereocenters. The highest BCUT2D eigenvalue weighted by Crippen LogP contribution is 2.04. The van der Waals surface area contributed by atoms with Crippen molar-refractivity contribution in [1.82, 2.24) is 15.1 Å². The summed E-state index contributed by atoms with van der Waals surface area (Å²) >= 11 is 0. The van der Waals surface area contributed by atoms with Crippen LogP contribution in [0.3, 0.4) is 0 Å². The molecule has 0 bridgehead atoms. The van der Waals surface area contributed by atoms with E-state index < -0.39 is 5.97 Å². The second-order valence-electron chi connectivity index (χ2n) is 5.37. The maximum atomic E-state index is 12.0. The molecular formula is C17H21N3O3. The first-order chi connectivity index (χ1) is 11.1. The summed E-state index contributed by atoms with van der Waals surface area (Å²) in [6.07, 6.45) is 5.67. The minimum atomic E-state index is -0.778. The number of amides is 1. The molecule has 0 spiro atoms. The van der Waals surface area contributed by atoms with Crippen LogP contribution < -0.4 is 5.32 Å². The van der Waals surface area contributed by atoms with Gasteiger partial charge in [-0.1, -0.05) is 36.8 Å². The van der Waals surface area contributed by atoms with Gasteiger partial charge in [0.2, 0.25) is 0 Å². The number of hydrogen-bond donors (Lipinski definition) is 2. The molecule has 2 N–H and O–H groups in total. The van der Waals surface area contributed by atoms with Crippen molar-refractivity contribution in [3.8, 4) is 0 Å². The predicted octanol–water partition coefficient (Wildman–Crippen LogP) is 2.31. The van der Waals surface area contributed by atoms with E-state index in [1.807, 2.05) is 30.3 Å². The lowest BCUT2D eigenvalue weighted by Gasteiger charge is -2.03. The van der Waals surface area contributed by atoms with Crippen LogP contribution in [0.15, 0.2) is 42.7 Å². The third-order valence-corrected chi connectivity index (χ3v) is 3.44. The highest BCUT2D eigenvalue weighted by Gasteiger charge is 2.08. The molecule has 6 heteroatoms. The third-order valence-electron chi connectivity index (χ3n) is 3.44. The molecule has 0 fully saturated rings. The van der Waals surface area contributed by atoms with Gasteiger partial charge < -0.3 is 10.4 Å². The number of carbonyl (C=O) groups is 2. The lowest BCUT2D eigenvalue weighted by molar-refractivity contribution is -0.137. The zero-order chi connectivity index (χ0) is 16.5. The lowest BCUT2D eigenvalue weighted by Crippen LogP contribution is -2.24. The highest BCUT2D eigenvalue weighted by molar-refractivity contribution is 5.93. The quantitative estimate of drug-likeness (QED) is 0.695. The molecule has 0 saturated carbocycles. The van der Waals surface area contributed by atoms with Crippen LogP contribution in [0, 0.1) is 0 Å². The van der Waals surface area contributed by atoms with Gasteiger partial charge >= 0.3 is 5.97 Å². The van der Waals surface area contributed by atoms with Crippen molar-refractivity contribution in [2.75, 3.05) is 6.54 Å². The Morgan fingerprint density at radius 3 is 2.65 bits per heavy atom. The summed E-state index contributed by atoms with van der Waals surface area (Å²) in [6.45, 7) is 1.17. The molecule has 23 heavy (non-hydrogen) atoms. The minimum Gasteiger partial charge on any atom is -0.481 e. The van der Waals surface area contributed by atoms with Crippen LogP contribution in [0.1, 0.15) is 41.6 Å². The largest absolute Gasteiger partial charge is 0.481 e. The van der Waals surface area contributed by atoms with Gasteiger partial charge in [-0.2, -0.15) is 5.10 Å². The van der Waals surface area contributed by atoms with Gasteiger partial charge in [0.15, 0.2) is 0 Å². The lowest BCUT2D eigenvalue weighted by atomic mass is 10.2. The molecule has 2 rings (SSSR count). The molecule has 1 aromatic carbocycles. The molecule has 0 atom stereocenters. The van der Waals surface area contributed by atoms with E-state index in [2.05, 4.69) is 10.4 Å². The van der Waals surface area contributed by atoms with Crippen molar-refractivity contribution in [3.63, 3.8) is 0 Å². The molecule has 1 aromatic heterocycles. The van der Waals surface area contributed by atoms with Crippen LogP contribution in [-0.4, -0.2) is 33.3 Å². The molecular weight excluding hydrogens is 294 g/mol. The van der Waals surface area contributed by atoms with E-state index in [1.54, 1.807) is 17.1 Å². The van der Waals surface area contributed by atoms with E-state index in [9.17, 15) is 9.59 Å². The average molecular weight is 315 g/mol. The summed E-state index contributed by atoms with van der Waals surface area (Å²) in [5.41, 5.74) is 1.66. The summed E-state index contributed by atoms with van der Waals surface area (Å²) in [7, 11) is 0. The minimum absolute atomic E-state index is 0.150. The number of nitrogens with zero attached hydrogens (tertiary/aromatic N) is 2. The number of hydrogen-bond acceptors (Lipinski definition) is 3. The number of aliphatic carboxylic acids is 1. The second-order valence-corrected chi connectivity index (χ2v) is 5.37. The normalized spacial score (nSPS) is 10.4. The predicted molar refractivity (Wildman–Crippen MR) is 86.2 cm³/mol. The maximum absolute atomic E-state index is 12.0. The monoisotopic (exact) mass is 315 g/mol. The Morgan fingerprint density at radius 1 is 1.13 bits per heavy atom. The van der Waals surface area contributed by atoms with Crippen LogP contribution in [0.2, 0.25) is 0 Å². The number of nitrogens with one attached hydrogen (secondary N) is 1. The van der Waals surface area contributed by atoms with Crippen molar-refractivity contribution in [3.05, 3.63) is 53.9 Å². The van der Waals surface area contributed by atoms with Crippen LogP contribution in [0.25, 0.3) is 0 Å². The summed E-state index contributed by atoms with van der Waals surface area (Å²) in [6, 6.07) is 9.92. The molecule has 0 radical (unpaired) electrons. The molecule has 122 valence electrons. The average Bonchev–Trinajstić information content (AvgIpc) is 3.00. The van der Waals surface area contributed by atoms with Gasteiger partial charge in [0.25, 0.3) is 5.91 Å². The van der Waals surface area contributed by atoms with E-state index in [0.29, 0.717) is 25.1 Å². The van der Waals surface area contributed by atoms with Crippen molar-refractivity contribution in [2.24, 2.45) is 0 Å². The van der Waals surface area contributed by atoms with Crippen molar-refractivity contribution >= 4 is 11.9 Å². The number of carboxylic acid groups (broad SMARTS) is 1. The summed E-state index contributed by atoms with van der Waals surface area (Å²) in [5.74, 6) is -0.928. The number of unbranched alkanes of at least 4 members (excludes halogenated alkanes) is 2. The summed E-state index contributed by atoms with van der Waals surface area (Å²) in [4.78, 5) is 22.4. The second kappa shape index (κ2) is 8.73. The Hall–Kier alpha value is -2.63. The van der Waals surface area contributed by atoms with E-state index in [-0.39, 0.29) is 12.3 Å². The third kappa shape index (κ3) is 5.94. The molecule has 2 aromatic rings. The first-order valence-electron chi connectivity index (χ1n) is 7.71. The number of aromatic nitrogens is 2. The molecule has 1 amide bonds. The van der Waals surface area contributed by atoms with Crippen LogP contribution in [0.4, 0.5) is 0 Å². The fraction of sp³-hybridized carbons (Fsp3) is 0.353. The Balaban J connectivity index is 1.72. The number of rotatable bonds is 9. The number of benzene rings is 1. The van der Waals surface area contributed by atoms with Gasteiger partial charge in [0.05, 0.1) is 18.3 Å². The summed E-state index contributed by atoms with van der Waals surface area (Å²) in [5, 5.41) is 15.6. The Bertz CT molecular complexity index is 638. The summed E-state index contributed by atoms with van der Waals surface area (Å²) < 4.78 is 1.73. The van der Waals surface area contributed by atoms with Crippen molar-refractivity contribution < 1.29 is 14.7 Å². The van der Waals surface area contributed by atoms with E-state index in [0.717, 1.165) is 18.4 Å². The van der Waals surface area contributed by atoms with Gasteiger partial charge in [-0.3, -0.25) is 14.3 Å². The van der Waals surface area contributed by atoms with Crippen molar-refractivity contribution in [2.45, 2.75) is 32.2 Å². The Labute approximate surface area is 135 Å². The molecule has 0 aliphatic rings. The van der Waals surface area contributed by atoms with Gasteiger partial charge in [-0.15, -0.1) is 0 Å². The SMILES string of the molecule is O=C(O)CCCCCNC(=O)c1cnn(Cc2ccccc2)c1. The van der Waals surface area contributed by atoms with Gasteiger partial charge in [0.1, 0.15) is 0 Å². The van der Waals surface area contributed by atoms with Gasteiger partial charge in [-0.05, 0) is 18.4 Å². The topological polar surface area (TPSA) is 84.2 Å². The van der Waals surface area contributed by atoms with Crippen LogP contribution >= 0.6 is 0 Å². The Morgan fingerprint density at radius 2 is 1.91 bits per heavy atom. The van der Waals surface area contributed by atoms with E-state index in [4.69, 9.17) is 5.11 Å². The van der Waals surface area contributed by atoms with E-state index >= 15 is 0 Å².